The molecule has 3 aromatic rings. The summed E-state index contributed by atoms with van der Waals surface area (Å²) in [6, 6.07) is 11.0. The molecule has 3 N–H and O–H groups in total. The van der Waals surface area contributed by atoms with Gasteiger partial charge >= 0.3 is 0 Å². The highest BCUT2D eigenvalue weighted by atomic mass is 16.3. The van der Waals surface area contributed by atoms with Crippen molar-refractivity contribution in [2.24, 2.45) is 5.73 Å². The van der Waals surface area contributed by atoms with Gasteiger partial charge in [-0.25, -0.2) is 4.98 Å². The van der Waals surface area contributed by atoms with E-state index in [0.717, 1.165) is 5.56 Å². The number of aromatic nitrogens is 2. The van der Waals surface area contributed by atoms with Crippen molar-refractivity contribution in [2.45, 2.75) is 13.5 Å². The van der Waals surface area contributed by atoms with E-state index < -0.39 is 5.91 Å². The molecule has 1 amide bonds. The SMILES string of the molecule is Cc1cc2c(O)c(C(N)=O)ncc2n(Cc2ccccc2)c1=O. The van der Waals surface area contributed by atoms with Gasteiger partial charge in [0.2, 0.25) is 0 Å². The predicted octanol–water partition coefficient (Wildman–Crippen LogP) is 1.56. The van der Waals surface area contributed by atoms with Gasteiger partial charge in [0.25, 0.3) is 11.5 Å². The number of carbonyl (C=O) groups is 1. The molecular weight excluding hydrogens is 294 g/mol. The largest absolute Gasteiger partial charge is 0.505 e. The first-order valence-electron chi connectivity index (χ1n) is 7.05. The molecule has 0 spiro atoms. The van der Waals surface area contributed by atoms with Crippen LogP contribution in [0.25, 0.3) is 10.9 Å². The maximum absolute atomic E-state index is 12.5. The Balaban J connectivity index is 2.28. The number of fused-ring (bicyclic) bond motifs is 1. The van der Waals surface area contributed by atoms with Gasteiger partial charge in [-0.05, 0) is 18.6 Å². The summed E-state index contributed by atoms with van der Waals surface area (Å²) in [4.78, 5) is 27.7. The molecule has 1 aromatic carbocycles. The third kappa shape index (κ3) is 2.55. The summed E-state index contributed by atoms with van der Waals surface area (Å²) >= 11 is 0. The standard InChI is InChI=1S/C17H15N3O3/c1-10-7-12-13(8-19-14(15(12)21)16(18)22)20(17(10)23)9-11-5-3-2-4-6-11/h2-8,21H,9H2,1H3,(H2,18,22). The summed E-state index contributed by atoms with van der Waals surface area (Å²) < 4.78 is 1.53. The summed E-state index contributed by atoms with van der Waals surface area (Å²) in [6.45, 7) is 2.00. The third-order valence-electron chi connectivity index (χ3n) is 3.72. The van der Waals surface area contributed by atoms with Crippen molar-refractivity contribution in [3.8, 4) is 5.75 Å². The van der Waals surface area contributed by atoms with Gasteiger partial charge in [0.15, 0.2) is 11.4 Å². The van der Waals surface area contributed by atoms with Gasteiger partial charge in [0.1, 0.15) is 0 Å². The first-order valence-corrected chi connectivity index (χ1v) is 7.05. The summed E-state index contributed by atoms with van der Waals surface area (Å²) in [5, 5.41) is 10.6. The second-order valence-corrected chi connectivity index (χ2v) is 5.32. The Labute approximate surface area is 131 Å². The molecule has 6 heteroatoms. The van der Waals surface area contributed by atoms with Gasteiger partial charge in [-0.15, -0.1) is 0 Å². The van der Waals surface area contributed by atoms with Crippen molar-refractivity contribution in [2.75, 3.05) is 0 Å². The number of primary amides is 1. The molecule has 0 radical (unpaired) electrons. The van der Waals surface area contributed by atoms with E-state index in [0.29, 0.717) is 23.0 Å². The smallest absolute Gasteiger partial charge is 0.271 e. The molecule has 23 heavy (non-hydrogen) atoms. The lowest BCUT2D eigenvalue weighted by Gasteiger charge is -2.13. The summed E-state index contributed by atoms with van der Waals surface area (Å²) in [7, 11) is 0. The van der Waals surface area contributed by atoms with E-state index in [1.165, 1.54) is 10.8 Å². The van der Waals surface area contributed by atoms with E-state index >= 15 is 0 Å². The van der Waals surface area contributed by atoms with Crippen LogP contribution in [0.15, 0.2) is 47.4 Å². The third-order valence-corrected chi connectivity index (χ3v) is 3.72. The number of nitrogens with two attached hydrogens (primary N) is 1. The number of aromatic hydroxyl groups is 1. The second kappa shape index (κ2) is 5.57. The highest BCUT2D eigenvalue weighted by molar-refractivity contribution is 6.00. The Morgan fingerprint density at radius 1 is 1.30 bits per heavy atom. The van der Waals surface area contributed by atoms with E-state index in [4.69, 9.17) is 5.73 Å². The molecule has 0 atom stereocenters. The van der Waals surface area contributed by atoms with E-state index in [2.05, 4.69) is 4.98 Å². The number of pyridine rings is 2. The number of aryl methyl sites for hydroxylation is 1. The van der Waals surface area contributed by atoms with Crippen LogP contribution >= 0.6 is 0 Å². The van der Waals surface area contributed by atoms with Gasteiger partial charge in [-0.3, -0.25) is 9.59 Å². The molecule has 0 aliphatic carbocycles. The predicted molar refractivity (Wildman–Crippen MR) is 86.5 cm³/mol. The zero-order valence-electron chi connectivity index (χ0n) is 12.5. The second-order valence-electron chi connectivity index (χ2n) is 5.32. The number of benzene rings is 1. The zero-order chi connectivity index (χ0) is 16.6. The summed E-state index contributed by atoms with van der Waals surface area (Å²) in [6.07, 6.45) is 1.39. The molecule has 6 nitrogen and oxygen atoms in total. The van der Waals surface area contributed by atoms with Gasteiger partial charge in [0.05, 0.1) is 18.3 Å². The van der Waals surface area contributed by atoms with Gasteiger partial charge in [-0.1, -0.05) is 30.3 Å². The Morgan fingerprint density at radius 2 is 2.00 bits per heavy atom. The molecule has 0 fully saturated rings. The van der Waals surface area contributed by atoms with Crippen LogP contribution < -0.4 is 11.3 Å². The molecule has 0 aliphatic heterocycles. The van der Waals surface area contributed by atoms with Gasteiger partial charge < -0.3 is 15.4 Å². The molecule has 2 aromatic heterocycles. The van der Waals surface area contributed by atoms with E-state index in [1.54, 1.807) is 13.0 Å². The number of hydrogen-bond donors (Lipinski definition) is 2. The van der Waals surface area contributed by atoms with Crippen LogP contribution in [0.2, 0.25) is 0 Å². The van der Waals surface area contributed by atoms with Crippen molar-refractivity contribution >= 4 is 16.8 Å². The van der Waals surface area contributed by atoms with Crippen molar-refractivity contribution in [1.29, 1.82) is 0 Å². The molecule has 0 saturated carbocycles. The maximum Gasteiger partial charge on any atom is 0.271 e. The fourth-order valence-electron chi connectivity index (χ4n) is 2.57. The minimum absolute atomic E-state index is 0.172. The lowest BCUT2D eigenvalue weighted by atomic mass is 10.1. The topological polar surface area (TPSA) is 98.2 Å². The minimum Gasteiger partial charge on any atom is -0.505 e. The van der Waals surface area contributed by atoms with Crippen LogP contribution in [0.5, 0.6) is 5.75 Å². The quantitative estimate of drug-likeness (QED) is 0.767. The van der Waals surface area contributed by atoms with E-state index in [9.17, 15) is 14.7 Å². The van der Waals surface area contributed by atoms with Crippen LogP contribution in [-0.2, 0) is 6.54 Å². The Hall–Kier alpha value is -3.15. The first kappa shape index (κ1) is 14.8. The van der Waals surface area contributed by atoms with Crippen molar-refractivity contribution in [3.05, 3.63) is 69.8 Å². The molecule has 116 valence electrons. The molecular formula is C17H15N3O3. The van der Waals surface area contributed by atoms with Crippen molar-refractivity contribution < 1.29 is 9.90 Å². The number of amides is 1. The average molecular weight is 309 g/mol. The summed E-state index contributed by atoms with van der Waals surface area (Å²) in [5.74, 6) is -1.12. The van der Waals surface area contributed by atoms with Crippen LogP contribution in [0, 0.1) is 6.92 Å². The Bertz CT molecular complexity index is 962. The lowest BCUT2D eigenvalue weighted by Crippen LogP contribution is -2.24. The Kier molecular flexibility index (Phi) is 3.57. The Morgan fingerprint density at radius 3 is 2.65 bits per heavy atom. The highest BCUT2D eigenvalue weighted by Crippen LogP contribution is 2.26. The van der Waals surface area contributed by atoms with Crippen LogP contribution in [0.4, 0.5) is 0 Å². The number of hydrogen-bond acceptors (Lipinski definition) is 4. The minimum atomic E-state index is -0.817. The molecule has 0 aliphatic rings. The molecule has 0 unspecified atom stereocenters. The molecule has 0 bridgehead atoms. The zero-order valence-corrected chi connectivity index (χ0v) is 12.5. The van der Waals surface area contributed by atoms with Crippen molar-refractivity contribution in [1.82, 2.24) is 9.55 Å². The van der Waals surface area contributed by atoms with E-state index in [1.807, 2.05) is 30.3 Å². The normalized spacial score (nSPS) is 10.8. The monoisotopic (exact) mass is 309 g/mol. The highest BCUT2D eigenvalue weighted by Gasteiger charge is 2.16. The van der Waals surface area contributed by atoms with Crippen LogP contribution in [0.1, 0.15) is 21.6 Å². The van der Waals surface area contributed by atoms with Crippen molar-refractivity contribution in [3.63, 3.8) is 0 Å². The molecule has 2 heterocycles. The number of nitrogens with zero attached hydrogens (tertiary/aromatic N) is 2. The molecule has 3 rings (SSSR count). The maximum atomic E-state index is 12.5. The molecule has 0 saturated heterocycles. The van der Waals surface area contributed by atoms with Crippen LogP contribution in [0.3, 0.4) is 0 Å². The van der Waals surface area contributed by atoms with Crippen LogP contribution in [-0.4, -0.2) is 20.6 Å². The van der Waals surface area contributed by atoms with E-state index in [-0.39, 0.29) is 17.0 Å². The lowest BCUT2D eigenvalue weighted by molar-refractivity contribution is 0.0993. The fraction of sp³-hybridized carbons (Fsp3) is 0.118. The van der Waals surface area contributed by atoms with Gasteiger partial charge in [-0.2, -0.15) is 0 Å². The first-order chi connectivity index (χ1) is 11.0. The number of rotatable bonds is 3. The fourth-order valence-corrected chi connectivity index (χ4v) is 2.57. The van der Waals surface area contributed by atoms with Gasteiger partial charge in [0, 0.05) is 10.9 Å². The average Bonchev–Trinajstić information content (AvgIpc) is 2.53. The summed E-state index contributed by atoms with van der Waals surface area (Å²) in [5.41, 5.74) is 6.69. The number of carbonyl (C=O) groups excluding carboxylic acids is 1.